The van der Waals surface area contributed by atoms with Crippen molar-refractivity contribution in [2.45, 2.75) is 58.3 Å². The lowest BCUT2D eigenvalue weighted by Crippen LogP contribution is -2.22. The molecular formula is C21H26N6O2S. The number of nitriles is 1. The molecule has 0 aliphatic carbocycles. The molecule has 1 N–H and O–H groups in total. The highest BCUT2D eigenvalue weighted by molar-refractivity contribution is 7.99. The molecule has 3 heterocycles. The number of nitrogens with one attached hydrogen (secondary N) is 1. The first-order chi connectivity index (χ1) is 14.2. The van der Waals surface area contributed by atoms with Crippen molar-refractivity contribution in [3.05, 3.63) is 47.3 Å². The summed E-state index contributed by atoms with van der Waals surface area (Å²) in [7, 11) is 0. The Morgan fingerprint density at radius 3 is 2.77 bits per heavy atom. The second-order valence-electron chi connectivity index (χ2n) is 8.01. The zero-order valence-electron chi connectivity index (χ0n) is 17.9. The number of carbonyl (C=O) groups is 1. The maximum Gasteiger partial charge on any atom is 0.226 e. The number of aromatic nitrogens is 4. The molecule has 9 heteroatoms. The largest absolute Gasteiger partial charge is 0.467 e. The molecule has 3 aromatic rings. The minimum Gasteiger partial charge on any atom is -0.467 e. The Bertz CT molecular complexity index is 1070. The lowest BCUT2D eigenvalue weighted by molar-refractivity contribution is -0.115. The third kappa shape index (κ3) is 4.60. The molecule has 0 aliphatic rings. The molecule has 1 amide bonds. The fourth-order valence-electron chi connectivity index (χ4n) is 3.10. The second kappa shape index (κ2) is 8.79. The van der Waals surface area contributed by atoms with Crippen molar-refractivity contribution >= 4 is 23.5 Å². The predicted molar refractivity (Wildman–Crippen MR) is 115 cm³/mol. The zero-order valence-corrected chi connectivity index (χ0v) is 18.7. The number of nitrogens with zero attached hydrogens (tertiary/aromatic N) is 5. The summed E-state index contributed by atoms with van der Waals surface area (Å²) in [6.45, 7) is 10.5. The van der Waals surface area contributed by atoms with Crippen LogP contribution in [0.3, 0.4) is 0 Å². The van der Waals surface area contributed by atoms with E-state index in [0.29, 0.717) is 23.7 Å². The first-order valence-corrected chi connectivity index (χ1v) is 10.7. The fourth-order valence-corrected chi connectivity index (χ4v) is 4.13. The number of rotatable bonds is 7. The van der Waals surface area contributed by atoms with Crippen LogP contribution >= 0.6 is 11.8 Å². The third-order valence-corrected chi connectivity index (χ3v) is 5.84. The van der Waals surface area contributed by atoms with E-state index in [4.69, 9.17) is 4.42 Å². The van der Waals surface area contributed by atoms with Gasteiger partial charge in [-0.25, -0.2) is 0 Å². The van der Waals surface area contributed by atoms with E-state index in [-0.39, 0.29) is 17.9 Å². The van der Waals surface area contributed by atoms with Gasteiger partial charge in [0.05, 0.1) is 18.4 Å². The van der Waals surface area contributed by atoms with Crippen LogP contribution in [0.2, 0.25) is 0 Å². The standard InChI is InChI=1S/C21H26N6O2S/c1-14-15(2)26(12-16-7-6-9-29-16)19(17(14)11-22)24-18(28)8-10-30-20-25-23-13-27(20)21(3,4)5/h6-7,9,13H,8,10,12H2,1-5H3,(H,24,28). The number of hydrogen-bond acceptors (Lipinski definition) is 6. The number of anilines is 1. The van der Waals surface area contributed by atoms with Gasteiger partial charge in [-0.05, 0) is 52.3 Å². The Labute approximate surface area is 180 Å². The summed E-state index contributed by atoms with van der Waals surface area (Å²) in [6.07, 6.45) is 3.60. The number of thioether (sulfide) groups is 1. The smallest absolute Gasteiger partial charge is 0.226 e. The van der Waals surface area contributed by atoms with E-state index in [9.17, 15) is 10.1 Å². The van der Waals surface area contributed by atoms with Crippen LogP contribution < -0.4 is 5.32 Å². The topological polar surface area (TPSA) is 102 Å². The van der Waals surface area contributed by atoms with Gasteiger partial charge in [0.1, 0.15) is 24.0 Å². The van der Waals surface area contributed by atoms with E-state index >= 15 is 0 Å². The maximum atomic E-state index is 12.7. The van der Waals surface area contributed by atoms with Crippen LogP contribution in [0.5, 0.6) is 0 Å². The van der Waals surface area contributed by atoms with Gasteiger partial charge in [-0.3, -0.25) is 4.79 Å². The number of furan rings is 1. The summed E-state index contributed by atoms with van der Waals surface area (Å²) in [5.74, 6) is 1.67. The normalized spacial score (nSPS) is 11.5. The van der Waals surface area contributed by atoms with Crippen LogP contribution in [0.15, 0.2) is 34.3 Å². The Morgan fingerprint density at radius 2 is 2.13 bits per heavy atom. The first-order valence-electron chi connectivity index (χ1n) is 9.67. The molecule has 0 saturated carbocycles. The van der Waals surface area contributed by atoms with Crippen LogP contribution in [0.4, 0.5) is 5.82 Å². The van der Waals surface area contributed by atoms with Gasteiger partial charge in [0.25, 0.3) is 0 Å². The third-order valence-electron chi connectivity index (χ3n) is 4.89. The predicted octanol–water partition coefficient (Wildman–Crippen LogP) is 4.09. The molecular weight excluding hydrogens is 400 g/mol. The van der Waals surface area contributed by atoms with Gasteiger partial charge in [0, 0.05) is 23.4 Å². The molecule has 0 fully saturated rings. The van der Waals surface area contributed by atoms with Crippen molar-refractivity contribution in [1.29, 1.82) is 5.26 Å². The molecule has 0 bridgehead atoms. The van der Waals surface area contributed by atoms with E-state index in [2.05, 4.69) is 42.4 Å². The Morgan fingerprint density at radius 1 is 1.37 bits per heavy atom. The molecule has 158 valence electrons. The van der Waals surface area contributed by atoms with Crippen LogP contribution in [-0.4, -0.2) is 31.0 Å². The highest BCUT2D eigenvalue weighted by atomic mass is 32.2. The molecule has 0 saturated heterocycles. The Balaban J connectivity index is 1.70. The summed E-state index contributed by atoms with van der Waals surface area (Å²) < 4.78 is 9.35. The first kappa shape index (κ1) is 21.7. The molecule has 0 atom stereocenters. The number of amides is 1. The van der Waals surface area contributed by atoms with Gasteiger partial charge >= 0.3 is 0 Å². The average molecular weight is 427 g/mol. The van der Waals surface area contributed by atoms with Gasteiger partial charge < -0.3 is 18.9 Å². The van der Waals surface area contributed by atoms with Crippen molar-refractivity contribution in [3.8, 4) is 6.07 Å². The van der Waals surface area contributed by atoms with Gasteiger partial charge in [-0.15, -0.1) is 10.2 Å². The van der Waals surface area contributed by atoms with E-state index in [1.165, 1.54) is 11.8 Å². The molecule has 0 aliphatic heterocycles. The molecule has 3 rings (SSSR count). The van der Waals surface area contributed by atoms with Gasteiger partial charge in [0.2, 0.25) is 5.91 Å². The molecule has 0 unspecified atom stereocenters. The maximum absolute atomic E-state index is 12.7. The molecule has 30 heavy (non-hydrogen) atoms. The van der Waals surface area contributed by atoms with E-state index < -0.39 is 0 Å². The highest BCUT2D eigenvalue weighted by Gasteiger charge is 2.21. The second-order valence-corrected chi connectivity index (χ2v) is 9.07. The fraction of sp³-hybridized carbons (Fsp3) is 0.429. The van der Waals surface area contributed by atoms with Crippen LogP contribution in [-0.2, 0) is 16.9 Å². The summed E-state index contributed by atoms with van der Waals surface area (Å²) >= 11 is 1.49. The zero-order chi connectivity index (χ0) is 21.9. The summed E-state index contributed by atoms with van der Waals surface area (Å²) in [5.41, 5.74) is 2.13. The SMILES string of the molecule is Cc1c(C#N)c(NC(=O)CCSc2nncn2C(C)(C)C)n(Cc2ccco2)c1C. The van der Waals surface area contributed by atoms with E-state index in [1.54, 1.807) is 12.6 Å². The van der Waals surface area contributed by atoms with Crippen molar-refractivity contribution < 1.29 is 9.21 Å². The van der Waals surface area contributed by atoms with Crippen molar-refractivity contribution in [2.75, 3.05) is 11.1 Å². The number of carbonyl (C=O) groups excluding carboxylic acids is 1. The average Bonchev–Trinajstić information content (AvgIpc) is 3.40. The van der Waals surface area contributed by atoms with Crippen molar-refractivity contribution in [3.63, 3.8) is 0 Å². The van der Waals surface area contributed by atoms with Gasteiger partial charge in [-0.2, -0.15) is 5.26 Å². The van der Waals surface area contributed by atoms with Crippen LogP contribution in [0.25, 0.3) is 0 Å². The summed E-state index contributed by atoms with van der Waals surface area (Å²) in [6, 6.07) is 5.91. The van der Waals surface area contributed by atoms with E-state index in [1.807, 2.05) is 35.1 Å². The number of hydrogen-bond donors (Lipinski definition) is 1. The molecule has 0 spiro atoms. The monoisotopic (exact) mass is 426 g/mol. The quantitative estimate of drug-likeness (QED) is 0.571. The Kier molecular flexibility index (Phi) is 6.37. The highest BCUT2D eigenvalue weighted by Crippen LogP contribution is 2.28. The Hall–Kier alpha value is -2.99. The van der Waals surface area contributed by atoms with Gasteiger partial charge in [0.15, 0.2) is 5.16 Å². The van der Waals surface area contributed by atoms with Crippen molar-refractivity contribution in [2.24, 2.45) is 0 Å². The summed E-state index contributed by atoms with van der Waals surface area (Å²) in [5, 5.41) is 21.5. The lowest BCUT2D eigenvalue weighted by atomic mass is 10.1. The van der Waals surface area contributed by atoms with E-state index in [0.717, 1.165) is 22.2 Å². The minimum absolute atomic E-state index is 0.127. The lowest BCUT2D eigenvalue weighted by Gasteiger charge is -2.21. The molecule has 3 aromatic heterocycles. The molecule has 8 nitrogen and oxygen atoms in total. The molecule has 0 radical (unpaired) electrons. The summed E-state index contributed by atoms with van der Waals surface area (Å²) in [4.78, 5) is 12.7. The van der Waals surface area contributed by atoms with Gasteiger partial charge in [-0.1, -0.05) is 11.8 Å². The van der Waals surface area contributed by atoms with Crippen molar-refractivity contribution in [1.82, 2.24) is 19.3 Å². The van der Waals surface area contributed by atoms with Crippen LogP contribution in [0, 0.1) is 25.2 Å². The molecule has 0 aromatic carbocycles. The minimum atomic E-state index is -0.154. The van der Waals surface area contributed by atoms with Crippen LogP contribution in [0.1, 0.15) is 49.8 Å².